The van der Waals surface area contributed by atoms with Crippen molar-refractivity contribution in [3.8, 4) is 0 Å². The number of hydrogen-bond acceptors (Lipinski definition) is 3. The number of carbonyl (C=O) groups is 2. The predicted molar refractivity (Wildman–Crippen MR) is 64.2 cm³/mol. The summed E-state index contributed by atoms with van der Waals surface area (Å²) in [4.78, 5) is 31.4. The Morgan fingerprint density at radius 2 is 2.22 bits per heavy atom. The van der Waals surface area contributed by atoms with Crippen molar-refractivity contribution >= 4 is 28.9 Å². The number of rotatable bonds is 2. The van der Waals surface area contributed by atoms with Gasteiger partial charge in [-0.3, -0.25) is 14.5 Å². The van der Waals surface area contributed by atoms with Gasteiger partial charge < -0.3 is 10.1 Å². The maximum atomic E-state index is 11.8. The fourth-order valence-corrected chi connectivity index (χ4v) is 2.14. The van der Waals surface area contributed by atoms with Gasteiger partial charge in [0.25, 0.3) is 0 Å². The molecule has 18 heavy (non-hydrogen) atoms. The molecule has 1 unspecified atom stereocenters. The third-order valence-corrected chi connectivity index (χ3v) is 3.11. The van der Waals surface area contributed by atoms with Crippen LogP contribution in [0.1, 0.15) is 6.42 Å². The number of benzene rings is 1. The van der Waals surface area contributed by atoms with Crippen molar-refractivity contribution in [3.63, 3.8) is 0 Å². The van der Waals surface area contributed by atoms with Crippen LogP contribution in [0.3, 0.4) is 0 Å². The van der Waals surface area contributed by atoms with Crippen LogP contribution >= 0.6 is 0 Å². The molecule has 1 saturated heterocycles. The lowest BCUT2D eigenvalue weighted by atomic mass is 10.1. The predicted octanol–water partition coefficient (Wildman–Crippen LogP) is 1.00. The van der Waals surface area contributed by atoms with Gasteiger partial charge in [0.1, 0.15) is 0 Å². The molecule has 2 heterocycles. The van der Waals surface area contributed by atoms with Crippen LogP contribution in [0.5, 0.6) is 0 Å². The highest BCUT2D eigenvalue weighted by molar-refractivity contribution is 5.98. The van der Waals surface area contributed by atoms with Crippen molar-refractivity contribution in [2.75, 3.05) is 11.4 Å². The largest absolute Gasteiger partial charge is 0.481 e. The Morgan fingerprint density at radius 3 is 2.89 bits per heavy atom. The second kappa shape index (κ2) is 3.83. The number of nitrogens with one attached hydrogen (secondary N) is 1. The van der Waals surface area contributed by atoms with Crippen molar-refractivity contribution in [3.05, 3.63) is 24.3 Å². The molecular weight excluding hydrogens is 234 g/mol. The number of aromatic amines is 1. The minimum atomic E-state index is -0.943. The first-order valence-corrected chi connectivity index (χ1v) is 5.63. The zero-order valence-corrected chi connectivity index (χ0v) is 9.46. The van der Waals surface area contributed by atoms with Gasteiger partial charge in [-0.1, -0.05) is 12.1 Å². The van der Waals surface area contributed by atoms with E-state index in [4.69, 9.17) is 5.11 Å². The molecule has 1 aliphatic heterocycles. The Hall–Kier alpha value is -2.37. The lowest BCUT2D eigenvalue weighted by Crippen LogP contribution is -2.26. The number of fused-ring (bicyclic) bond motifs is 1. The summed E-state index contributed by atoms with van der Waals surface area (Å²) >= 11 is 0. The molecule has 0 spiro atoms. The average Bonchev–Trinajstić information content (AvgIpc) is 2.91. The smallest absolute Gasteiger partial charge is 0.308 e. The monoisotopic (exact) mass is 245 g/mol. The maximum absolute atomic E-state index is 11.8. The van der Waals surface area contributed by atoms with Gasteiger partial charge in [0, 0.05) is 13.0 Å². The molecule has 0 saturated carbocycles. The topological polar surface area (TPSA) is 86.3 Å². The average molecular weight is 245 g/mol. The molecule has 1 amide bonds. The van der Waals surface area contributed by atoms with Crippen LogP contribution < -0.4 is 4.90 Å². The fraction of sp³-hybridized carbons (Fsp3) is 0.250. The van der Waals surface area contributed by atoms with Crippen LogP contribution in [0.25, 0.3) is 11.0 Å². The van der Waals surface area contributed by atoms with E-state index in [2.05, 4.69) is 9.97 Å². The van der Waals surface area contributed by atoms with E-state index in [1.165, 1.54) is 4.90 Å². The summed E-state index contributed by atoms with van der Waals surface area (Å²) in [5.41, 5.74) is 1.60. The Bertz CT molecular complexity index is 601. The SMILES string of the molecule is O=C(O)C1CC(=O)N(c2nc3ccccc3[nH]2)C1. The molecule has 2 N–H and O–H groups in total. The molecule has 3 rings (SSSR count). The molecule has 0 aliphatic carbocycles. The van der Waals surface area contributed by atoms with Crippen molar-refractivity contribution in [2.24, 2.45) is 5.92 Å². The summed E-state index contributed by atoms with van der Waals surface area (Å²) in [7, 11) is 0. The van der Waals surface area contributed by atoms with Crippen LogP contribution in [0, 0.1) is 5.92 Å². The normalized spacial score (nSPS) is 19.7. The van der Waals surface area contributed by atoms with Crippen LogP contribution in [-0.2, 0) is 9.59 Å². The summed E-state index contributed by atoms with van der Waals surface area (Å²) in [5, 5.41) is 8.93. The summed E-state index contributed by atoms with van der Waals surface area (Å²) in [6.45, 7) is 0.175. The molecule has 6 heteroatoms. The maximum Gasteiger partial charge on any atom is 0.308 e. The van der Waals surface area contributed by atoms with E-state index in [0.29, 0.717) is 5.95 Å². The summed E-state index contributed by atoms with van der Waals surface area (Å²) in [6, 6.07) is 7.43. The first-order chi connectivity index (χ1) is 8.65. The van der Waals surface area contributed by atoms with Gasteiger partial charge in [-0.05, 0) is 12.1 Å². The molecular formula is C12H11N3O3. The zero-order valence-electron chi connectivity index (χ0n) is 9.46. The minimum Gasteiger partial charge on any atom is -0.481 e. The molecule has 1 aromatic carbocycles. The Labute approximate surface area is 102 Å². The highest BCUT2D eigenvalue weighted by Crippen LogP contribution is 2.24. The highest BCUT2D eigenvalue weighted by atomic mass is 16.4. The number of nitrogens with zero attached hydrogens (tertiary/aromatic N) is 2. The number of carboxylic acid groups (broad SMARTS) is 1. The van der Waals surface area contributed by atoms with Crippen LogP contribution in [0.2, 0.25) is 0 Å². The second-order valence-corrected chi connectivity index (χ2v) is 4.32. The number of amides is 1. The molecule has 2 aromatic rings. The number of H-pyrrole nitrogens is 1. The molecule has 6 nitrogen and oxygen atoms in total. The minimum absolute atomic E-state index is 0.0341. The van der Waals surface area contributed by atoms with Crippen molar-refractivity contribution in [1.29, 1.82) is 0 Å². The summed E-state index contributed by atoms with van der Waals surface area (Å²) < 4.78 is 0. The number of carboxylic acids is 1. The van der Waals surface area contributed by atoms with E-state index in [-0.39, 0.29) is 18.9 Å². The van der Waals surface area contributed by atoms with Gasteiger partial charge in [0.15, 0.2) is 0 Å². The summed E-state index contributed by atoms with van der Waals surface area (Å²) in [5.74, 6) is -1.38. The molecule has 1 fully saturated rings. The van der Waals surface area contributed by atoms with Crippen molar-refractivity contribution in [1.82, 2.24) is 9.97 Å². The van der Waals surface area contributed by atoms with E-state index in [1.54, 1.807) is 0 Å². The number of carbonyl (C=O) groups excluding carboxylic acids is 1. The number of anilines is 1. The number of imidazole rings is 1. The Kier molecular flexibility index (Phi) is 2.29. The van der Waals surface area contributed by atoms with Crippen molar-refractivity contribution < 1.29 is 14.7 Å². The van der Waals surface area contributed by atoms with Gasteiger partial charge >= 0.3 is 5.97 Å². The summed E-state index contributed by atoms with van der Waals surface area (Å²) in [6.07, 6.45) is 0.0341. The van der Waals surface area contributed by atoms with Crippen LogP contribution in [-0.4, -0.2) is 33.5 Å². The molecule has 0 bridgehead atoms. The quantitative estimate of drug-likeness (QED) is 0.826. The number of aliphatic carboxylic acids is 1. The fourth-order valence-electron chi connectivity index (χ4n) is 2.14. The van der Waals surface area contributed by atoms with E-state index >= 15 is 0 Å². The third-order valence-electron chi connectivity index (χ3n) is 3.11. The van der Waals surface area contributed by atoms with Crippen LogP contribution in [0.15, 0.2) is 24.3 Å². The number of aromatic nitrogens is 2. The number of para-hydroxylation sites is 2. The first-order valence-electron chi connectivity index (χ1n) is 5.63. The van der Waals surface area contributed by atoms with E-state index in [1.807, 2.05) is 24.3 Å². The van der Waals surface area contributed by atoms with Crippen molar-refractivity contribution in [2.45, 2.75) is 6.42 Å². The molecule has 0 radical (unpaired) electrons. The number of hydrogen-bond donors (Lipinski definition) is 2. The van der Waals surface area contributed by atoms with Crippen LogP contribution in [0.4, 0.5) is 5.95 Å². The van der Waals surface area contributed by atoms with E-state index < -0.39 is 11.9 Å². The van der Waals surface area contributed by atoms with Gasteiger partial charge in [0.2, 0.25) is 11.9 Å². The third kappa shape index (κ3) is 1.62. The van der Waals surface area contributed by atoms with Gasteiger partial charge in [0.05, 0.1) is 17.0 Å². The molecule has 92 valence electrons. The zero-order chi connectivity index (χ0) is 12.7. The lowest BCUT2D eigenvalue weighted by molar-refractivity contribution is -0.141. The van der Waals surface area contributed by atoms with Gasteiger partial charge in [-0.15, -0.1) is 0 Å². The lowest BCUT2D eigenvalue weighted by Gasteiger charge is -2.11. The molecule has 1 aromatic heterocycles. The molecule has 1 atom stereocenters. The second-order valence-electron chi connectivity index (χ2n) is 4.32. The standard InChI is InChI=1S/C12H11N3O3/c16-10-5-7(11(17)18)6-15(10)12-13-8-3-1-2-4-9(8)14-12/h1-4,7H,5-6H2,(H,13,14)(H,17,18). The Balaban J connectivity index is 1.95. The highest BCUT2D eigenvalue weighted by Gasteiger charge is 2.36. The van der Waals surface area contributed by atoms with Gasteiger partial charge in [-0.25, -0.2) is 4.98 Å². The Morgan fingerprint density at radius 1 is 1.44 bits per heavy atom. The first kappa shape index (κ1) is 10.8. The molecule has 1 aliphatic rings. The van der Waals surface area contributed by atoms with E-state index in [9.17, 15) is 9.59 Å². The van der Waals surface area contributed by atoms with Gasteiger partial charge in [-0.2, -0.15) is 0 Å². The van der Waals surface area contributed by atoms with E-state index in [0.717, 1.165) is 11.0 Å².